The van der Waals surface area contributed by atoms with Crippen molar-refractivity contribution in [3.8, 4) is 6.07 Å². The Hall–Kier alpha value is -1.38. The normalized spacial score (nSPS) is 14.9. The Labute approximate surface area is 128 Å². The number of amides is 1. The molecule has 0 atom stereocenters. The number of nitriles is 1. The molecule has 1 heterocycles. The minimum atomic E-state index is 0.276. The van der Waals surface area contributed by atoms with E-state index in [4.69, 9.17) is 5.26 Å². The summed E-state index contributed by atoms with van der Waals surface area (Å²) in [7, 11) is 2.05. The van der Waals surface area contributed by atoms with Crippen LogP contribution in [0.15, 0.2) is 22.7 Å². The van der Waals surface area contributed by atoms with Crippen molar-refractivity contribution in [1.29, 1.82) is 5.26 Å². The number of rotatable bonds is 5. The number of likely N-dealkylation sites (N-methyl/N-ethyl adjacent to an activating group) is 1. The lowest BCUT2D eigenvalue weighted by Crippen LogP contribution is -2.33. The second-order valence-electron chi connectivity index (χ2n) is 5.14. The Morgan fingerprint density at radius 3 is 2.90 bits per heavy atom. The van der Waals surface area contributed by atoms with Gasteiger partial charge in [0.15, 0.2) is 0 Å². The van der Waals surface area contributed by atoms with Gasteiger partial charge in [0.1, 0.15) is 0 Å². The van der Waals surface area contributed by atoms with Crippen LogP contribution in [0.4, 0.5) is 0 Å². The van der Waals surface area contributed by atoms with E-state index in [1.54, 1.807) is 0 Å². The lowest BCUT2D eigenvalue weighted by atomic mass is 10.1. The number of carbonyl (C=O) groups is 1. The third kappa shape index (κ3) is 3.81. The summed E-state index contributed by atoms with van der Waals surface area (Å²) >= 11 is 3.50. The number of hydrogen-bond donors (Lipinski definition) is 0. The molecule has 0 unspecified atom stereocenters. The summed E-state index contributed by atoms with van der Waals surface area (Å²) in [5.41, 5.74) is 1.81. The fourth-order valence-corrected chi connectivity index (χ4v) is 2.85. The van der Waals surface area contributed by atoms with Gasteiger partial charge in [-0.3, -0.25) is 4.79 Å². The van der Waals surface area contributed by atoms with Crippen molar-refractivity contribution in [2.75, 3.05) is 26.7 Å². The van der Waals surface area contributed by atoms with E-state index in [1.165, 1.54) is 0 Å². The smallest absolute Gasteiger partial charge is 0.222 e. The maximum absolute atomic E-state index is 11.5. The third-order valence-corrected chi connectivity index (χ3v) is 4.28. The van der Waals surface area contributed by atoms with Crippen LogP contribution in [0.25, 0.3) is 0 Å². The van der Waals surface area contributed by atoms with Gasteiger partial charge in [0.2, 0.25) is 5.91 Å². The van der Waals surface area contributed by atoms with E-state index in [9.17, 15) is 4.79 Å². The molecule has 1 amide bonds. The van der Waals surface area contributed by atoms with Gasteiger partial charge >= 0.3 is 0 Å². The van der Waals surface area contributed by atoms with Crippen LogP contribution in [0, 0.1) is 11.3 Å². The molecule has 5 heteroatoms. The number of hydrogen-bond acceptors (Lipinski definition) is 3. The standard InChI is InChI=1S/C15H18BrN3O/c1-18(7-8-19-6-2-3-15(19)20)11-13-5-4-12(10-17)9-14(13)16/h4-5,9H,2-3,6-8,11H2,1H3. The predicted molar refractivity (Wildman–Crippen MR) is 81.0 cm³/mol. The average Bonchev–Trinajstić information content (AvgIpc) is 2.84. The molecular weight excluding hydrogens is 318 g/mol. The molecule has 0 spiro atoms. The highest BCUT2D eigenvalue weighted by Crippen LogP contribution is 2.19. The molecule has 0 bridgehead atoms. The molecule has 0 radical (unpaired) electrons. The molecule has 0 aromatic heterocycles. The van der Waals surface area contributed by atoms with Crippen LogP contribution in [0.2, 0.25) is 0 Å². The SMILES string of the molecule is CN(CCN1CCCC1=O)Cc1ccc(C#N)cc1Br. The molecule has 1 fully saturated rings. The van der Waals surface area contributed by atoms with Crippen LogP contribution in [-0.2, 0) is 11.3 Å². The fourth-order valence-electron chi connectivity index (χ4n) is 2.35. The van der Waals surface area contributed by atoms with Crippen molar-refractivity contribution in [3.05, 3.63) is 33.8 Å². The predicted octanol–water partition coefficient (Wildman–Crippen LogP) is 2.37. The first-order chi connectivity index (χ1) is 9.60. The van der Waals surface area contributed by atoms with Crippen molar-refractivity contribution in [2.24, 2.45) is 0 Å². The van der Waals surface area contributed by atoms with Crippen molar-refractivity contribution in [2.45, 2.75) is 19.4 Å². The van der Waals surface area contributed by atoms with Crippen LogP contribution in [0.1, 0.15) is 24.0 Å². The van der Waals surface area contributed by atoms with E-state index in [2.05, 4.69) is 26.9 Å². The molecule has 20 heavy (non-hydrogen) atoms. The number of nitrogens with zero attached hydrogens (tertiary/aromatic N) is 3. The van der Waals surface area contributed by atoms with Gasteiger partial charge in [-0.2, -0.15) is 5.26 Å². The Bertz CT molecular complexity index is 538. The first-order valence-corrected chi connectivity index (χ1v) is 7.54. The van der Waals surface area contributed by atoms with Gasteiger partial charge in [-0.1, -0.05) is 22.0 Å². The lowest BCUT2D eigenvalue weighted by Gasteiger charge is -2.22. The first-order valence-electron chi connectivity index (χ1n) is 6.75. The molecule has 0 N–H and O–H groups in total. The van der Waals surface area contributed by atoms with Gasteiger partial charge in [0.25, 0.3) is 0 Å². The van der Waals surface area contributed by atoms with Gasteiger partial charge in [-0.25, -0.2) is 0 Å². The molecule has 0 saturated carbocycles. The quantitative estimate of drug-likeness (QED) is 0.829. The van der Waals surface area contributed by atoms with Gasteiger partial charge < -0.3 is 9.80 Å². The Kier molecular flexibility index (Phi) is 5.16. The number of carbonyl (C=O) groups excluding carboxylic acids is 1. The summed E-state index contributed by atoms with van der Waals surface area (Å²) in [5, 5.41) is 8.85. The van der Waals surface area contributed by atoms with Gasteiger partial charge in [0, 0.05) is 37.1 Å². The molecule has 1 saturated heterocycles. The number of halogens is 1. The maximum Gasteiger partial charge on any atom is 0.222 e. The topological polar surface area (TPSA) is 47.3 Å². The van der Waals surface area contributed by atoms with Crippen LogP contribution < -0.4 is 0 Å². The van der Waals surface area contributed by atoms with E-state index in [-0.39, 0.29) is 5.91 Å². The van der Waals surface area contributed by atoms with Crippen LogP contribution in [0.3, 0.4) is 0 Å². The van der Waals surface area contributed by atoms with Crippen LogP contribution in [0.5, 0.6) is 0 Å². The maximum atomic E-state index is 11.5. The van der Waals surface area contributed by atoms with Gasteiger partial charge in [-0.15, -0.1) is 0 Å². The Morgan fingerprint density at radius 2 is 2.30 bits per heavy atom. The van der Waals surface area contributed by atoms with Crippen molar-refractivity contribution < 1.29 is 4.79 Å². The minimum absolute atomic E-state index is 0.276. The van der Waals surface area contributed by atoms with E-state index >= 15 is 0 Å². The van der Waals surface area contributed by atoms with Gasteiger partial charge in [-0.05, 0) is 31.2 Å². The van der Waals surface area contributed by atoms with Crippen LogP contribution in [-0.4, -0.2) is 42.4 Å². The van der Waals surface area contributed by atoms with E-state index in [0.29, 0.717) is 12.0 Å². The fraction of sp³-hybridized carbons (Fsp3) is 0.467. The molecule has 1 aromatic carbocycles. The lowest BCUT2D eigenvalue weighted by molar-refractivity contribution is -0.127. The summed E-state index contributed by atoms with van der Waals surface area (Å²) < 4.78 is 0.959. The van der Waals surface area contributed by atoms with Crippen molar-refractivity contribution in [1.82, 2.24) is 9.80 Å². The molecule has 0 aliphatic carbocycles. The molecule has 1 aliphatic heterocycles. The molecule has 1 aliphatic rings. The summed E-state index contributed by atoms with van der Waals surface area (Å²) in [6.07, 6.45) is 1.69. The highest BCUT2D eigenvalue weighted by atomic mass is 79.9. The number of benzene rings is 1. The summed E-state index contributed by atoms with van der Waals surface area (Å²) in [5.74, 6) is 0.276. The van der Waals surface area contributed by atoms with Gasteiger partial charge in [0.05, 0.1) is 11.6 Å². The largest absolute Gasteiger partial charge is 0.341 e. The zero-order chi connectivity index (χ0) is 14.5. The van der Waals surface area contributed by atoms with E-state index in [0.717, 1.165) is 42.6 Å². The van der Waals surface area contributed by atoms with Crippen molar-refractivity contribution in [3.63, 3.8) is 0 Å². The zero-order valence-electron chi connectivity index (χ0n) is 11.6. The summed E-state index contributed by atoms with van der Waals surface area (Å²) in [6.45, 7) is 3.35. The highest BCUT2D eigenvalue weighted by molar-refractivity contribution is 9.10. The van der Waals surface area contributed by atoms with Crippen molar-refractivity contribution >= 4 is 21.8 Å². The Balaban J connectivity index is 1.86. The Morgan fingerprint density at radius 1 is 1.50 bits per heavy atom. The average molecular weight is 336 g/mol. The van der Waals surface area contributed by atoms with Crippen LogP contribution >= 0.6 is 15.9 Å². The second-order valence-corrected chi connectivity index (χ2v) is 5.99. The third-order valence-electron chi connectivity index (χ3n) is 3.55. The summed E-state index contributed by atoms with van der Waals surface area (Å²) in [4.78, 5) is 15.7. The zero-order valence-corrected chi connectivity index (χ0v) is 13.2. The van der Waals surface area contributed by atoms with E-state index < -0.39 is 0 Å². The molecular formula is C15H18BrN3O. The molecule has 106 valence electrons. The number of likely N-dealkylation sites (tertiary alicyclic amines) is 1. The molecule has 1 aromatic rings. The molecule has 2 rings (SSSR count). The monoisotopic (exact) mass is 335 g/mol. The van der Waals surface area contributed by atoms with E-state index in [1.807, 2.05) is 30.1 Å². The first kappa shape index (κ1) is 15.0. The summed E-state index contributed by atoms with van der Waals surface area (Å²) in [6, 6.07) is 7.77. The minimum Gasteiger partial charge on any atom is -0.341 e. The highest BCUT2D eigenvalue weighted by Gasteiger charge is 2.19. The molecule has 4 nitrogen and oxygen atoms in total. The second kappa shape index (κ2) is 6.87.